The zero-order chi connectivity index (χ0) is 36.7. The van der Waals surface area contributed by atoms with Gasteiger partial charge in [0.25, 0.3) is 0 Å². The molecule has 5 saturated carbocycles. The lowest BCUT2D eigenvalue weighted by molar-refractivity contribution is -0.214. The minimum Gasteiger partial charge on any atom is -0.208 e. The second-order valence-corrected chi connectivity index (χ2v) is 17.1. The molecule has 12 rings (SSSR count). The first-order valence-electron chi connectivity index (χ1n) is 20.6. The van der Waals surface area contributed by atoms with Crippen molar-refractivity contribution in [2.45, 2.75) is 50.4 Å². The lowest BCUT2D eigenvalue weighted by Crippen LogP contribution is -2.65. The molecule has 0 saturated heterocycles. The van der Waals surface area contributed by atoms with Crippen molar-refractivity contribution in [3.8, 4) is 68.3 Å². The van der Waals surface area contributed by atoms with Crippen LogP contribution in [0.4, 0.5) is 0 Å². The van der Waals surface area contributed by atoms with E-state index in [0.29, 0.717) is 46.8 Å². The lowest BCUT2D eigenvalue weighted by Gasteiger charge is -2.73. The van der Waals surface area contributed by atoms with Gasteiger partial charge in [0.1, 0.15) is 0 Å². The van der Waals surface area contributed by atoms with E-state index < -0.39 is 0 Å². The first-order valence-corrected chi connectivity index (χ1v) is 20.6. The van der Waals surface area contributed by atoms with E-state index >= 15 is 0 Å². The maximum absolute atomic E-state index is 5.33. The van der Waals surface area contributed by atoms with Crippen molar-refractivity contribution in [3.63, 3.8) is 0 Å². The fourth-order valence-electron chi connectivity index (χ4n) is 11.4. The second-order valence-electron chi connectivity index (χ2n) is 17.1. The van der Waals surface area contributed by atoms with Crippen LogP contribution < -0.4 is 0 Å². The van der Waals surface area contributed by atoms with Gasteiger partial charge in [-0.05, 0) is 115 Å². The van der Waals surface area contributed by atoms with E-state index in [4.69, 9.17) is 29.9 Å². The largest absolute Gasteiger partial charge is 0.208 e. The molecule has 0 N–H and O–H groups in total. The standard InChI is InChI=1S/C50H42N6/c1-4-11-30(12-5-1)45-51-46(31-13-6-2-7-14-31)54-49(53-45)38-24-36(43-41-27-37-28-42(43)44(37)41)25-39(26-38)50-55-47(32-15-8-3-9-16-32)52-48(56-50)35-18-10-17-33(23-35)40-22-29-19-20-34(40)21-29/h1-18,23-26,29,34,37,40-44H,19-22,27-28H2. The molecule has 56 heavy (non-hydrogen) atoms. The molecule has 0 radical (unpaired) electrons. The molecule has 272 valence electrons. The van der Waals surface area contributed by atoms with E-state index in [1.165, 1.54) is 49.7 Å². The van der Waals surface area contributed by atoms with Gasteiger partial charge in [0.15, 0.2) is 34.9 Å². The van der Waals surface area contributed by atoms with Gasteiger partial charge < -0.3 is 0 Å². The van der Waals surface area contributed by atoms with Gasteiger partial charge in [0.2, 0.25) is 0 Å². The molecule has 5 fully saturated rings. The summed E-state index contributed by atoms with van der Waals surface area (Å²) in [5, 5.41) is 0. The molecule has 5 atom stereocenters. The minimum atomic E-state index is 0.543. The van der Waals surface area contributed by atoms with Crippen molar-refractivity contribution < 1.29 is 0 Å². The van der Waals surface area contributed by atoms with Crippen LogP contribution in [0.2, 0.25) is 0 Å². The Morgan fingerprint density at radius 3 is 1.27 bits per heavy atom. The topological polar surface area (TPSA) is 77.3 Å². The summed E-state index contributed by atoms with van der Waals surface area (Å²) in [5.41, 5.74) is 8.68. The maximum atomic E-state index is 5.33. The van der Waals surface area contributed by atoms with Crippen LogP contribution in [0.1, 0.15) is 61.5 Å². The zero-order valence-electron chi connectivity index (χ0n) is 31.2. The highest BCUT2D eigenvalue weighted by Gasteiger charge is 2.67. The molecule has 2 aromatic heterocycles. The molecule has 5 aromatic carbocycles. The predicted octanol–water partition coefficient (Wildman–Crippen LogP) is 11.3. The van der Waals surface area contributed by atoms with Gasteiger partial charge >= 0.3 is 0 Å². The first-order chi connectivity index (χ1) is 27.7. The van der Waals surface area contributed by atoms with E-state index in [-0.39, 0.29) is 0 Å². The molecule has 7 aromatic rings. The quantitative estimate of drug-likeness (QED) is 0.155. The molecule has 0 spiro atoms. The van der Waals surface area contributed by atoms with Crippen molar-refractivity contribution in [1.82, 2.24) is 29.9 Å². The summed E-state index contributed by atoms with van der Waals surface area (Å²) in [6.45, 7) is 0. The molecular weight excluding hydrogens is 685 g/mol. The highest BCUT2D eigenvalue weighted by molar-refractivity contribution is 5.74. The van der Waals surface area contributed by atoms with Crippen molar-refractivity contribution >= 4 is 0 Å². The van der Waals surface area contributed by atoms with Crippen LogP contribution in [0.3, 0.4) is 0 Å². The third-order valence-corrected chi connectivity index (χ3v) is 14.1. The van der Waals surface area contributed by atoms with E-state index in [9.17, 15) is 0 Å². The van der Waals surface area contributed by atoms with Crippen molar-refractivity contribution in [2.75, 3.05) is 0 Å². The Hall–Kier alpha value is -5.88. The molecule has 0 aliphatic heterocycles. The van der Waals surface area contributed by atoms with Crippen LogP contribution in [0.15, 0.2) is 133 Å². The molecule has 2 heterocycles. The van der Waals surface area contributed by atoms with Gasteiger partial charge in [-0.2, -0.15) is 0 Å². The van der Waals surface area contributed by atoms with Crippen LogP contribution >= 0.6 is 0 Å². The molecule has 5 aliphatic carbocycles. The Morgan fingerprint density at radius 1 is 0.357 bits per heavy atom. The average molecular weight is 727 g/mol. The van der Waals surface area contributed by atoms with Gasteiger partial charge in [-0.25, -0.2) is 29.9 Å². The summed E-state index contributed by atoms with van der Waals surface area (Å²) in [6.07, 6.45) is 8.14. The predicted molar refractivity (Wildman–Crippen MR) is 220 cm³/mol. The van der Waals surface area contributed by atoms with Gasteiger partial charge in [0, 0.05) is 33.4 Å². The van der Waals surface area contributed by atoms with E-state index in [0.717, 1.165) is 68.9 Å². The van der Waals surface area contributed by atoms with Crippen LogP contribution in [0.5, 0.6) is 0 Å². The molecule has 2 bridgehead atoms. The molecule has 5 unspecified atom stereocenters. The van der Waals surface area contributed by atoms with Crippen LogP contribution in [0, 0.1) is 35.5 Å². The average Bonchev–Trinajstić information content (AvgIpc) is 3.91. The van der Waals surface area contributed by atoms with Crippen LogP contribution in [0.25, 0.3) is 68.3 Å². The normalized spacial score (nSPS) is 26.5. The number of nitrogens with zero attached hydrogens (tertiary/aromatic N) is 6. The third-order valence-electron chi connectivity index (χ3n) is 14.1. The van der Waals surface area contributed by atoms with Gasteiger partial charge in [0.05, 0.1) is 0 Å². The molecular formula is C50H42N6. The maximum Gasteiger partial charge on any atom is 0.164 e. The Bertz CT molecular complexity index is 2540. The summed E-state index contributed by atoms with van der Waals surface area (Å²) in [7, 11) is 0. The Morgan fingerprint density at radius 2 is 0.821 bits per heavy atom. The summed E-state index contributed by atoms with van der Waals surface area (Å²) < 4.78 is 0. The fourth-order valence-corrected chi connectivity index (χ4v) is 11.4. The first kappa shape index (κ1) is 32.4. The zero-order valence-corrected chi connectivity index (χ0v) is 31.2. The fraction of sp³-hybridized carbons (Fsp3) is 0.280. The van der Waals surface area contributed by atoms with Crippen molar-refractivity contribution in [1.29, 1.82) is 0 Å². The summed E-state index contributed by atoms with van der Waals surface area (Å²) >= 11 is 0. The Balaban J connectivity index is 1.03. The molecule has 6 heteroatoms. The highest BCUT2D eigenvalue weighted by Crippen LogP contribution is 2.75. The SMILES string of the molecule is c1ccc(-c2nc(-c3ccccc3)nc(-c3cc(-c4nc(-c5ccccc5)nc(-c5cccc(C6CC7CCC6C7)c5)n4)cc(C4C5CC6CC4C65)c3)n2)cc1. The number of benzene rings is 5. The van der Waals surface area contributed by atoms with Crippen molar-refractivity contribution in [2.24, 2.45) is 35.5 Å². The number of hydrogen-bond acceptors (Lipinski definition) is 6. The summed E-state index contributed by atoms with van der Waals surface area (Å²) in [6, 6.07) is 46.8. The monoisotopic (exact) mass is 726 g/mol. The number of aromatic nitrogens is 6. The summed E-state index contributed by atoms with van der Waals surface area (Å²) in [4.78, 5) is 31.1. The van der Waals surface area contributed by atoms with E-state index in [1.54, 1.807) is 0 Å². The molecule has 6 nitrogen and oxygen atoms in total. The third kappa shape index (κ3) is 5.36. The smallest absolute Gasteiger partial charge is 0.164 e. The van der Waals surface area contributed by atoms with Gasteiger partial charge in [-0.3, -0.25) is 0 Å². The van der Waals surface area contributed by atoms with Crippen LogP contribution in [-0.2, 0) is 0 Å². The molecule has 5 aliphatic rings. The Kier molecular flexibility index (Phi) is 7.42. The minimum absolute atomic E-state index is 0.543. The summed E-state index contributed by atoms with van der Waals surface area (Å²) in [5.74, 6) is 10.3. The van der Waals surface area contributed by atoms with E-state index in [2.05, 4.69) is 91.0 Å². The van der Waals surface area contributed by atoms with Crippen LogP contribution in [-0.4, -0.2) is 29.9 Å². The lowest BCUT2D eigenvalue weighted by atomic mass is 9.31. The molecule has 0 amide bonds. The highest BCUT2D eigenvalue weighted by atomic mass is 15.0. The van der Waals surface area contributed by atoms with Gasteiger partial charge in [-0.15, -0.1) is 0 Å². The second kappa shape index (κ2) is 12.8. The number of fused-ring (bicyclic) bond motifs is 2. The van der Waals surface area contributed by atoms with E-state index in [1.807, 2.05) is 42.5 Å². The number of rotatable bonds is 8. The Labute approximate surface area is 327 Å². The number of hydrogen-bond donors (Lipinski definition) is 0. The van der Waals surface area contributed by atoms with Gasteiger partial charge in [-0.1, -0.05) is 116 Å². The van der Waals surface area contributed by atoms with Crippen molar-refractivity contribution in [3.05, 3.63) is 145 Å².